The maximum absolute atomic E-state index is 12.6. The molecule has 3 saturated heterocycles. The molecule has 0 amide bonds. The maximum Gasteiger partial charge on any atom is 0.331 e. The summed E-state index contributed by atoms with van der Waals surface area (Å²) in [5, 5.41) is 55.0. The van der Waals surface area contributed by atoms with Gasteiger partial charge in [0.25, 0.3) is 0 Å². The van der Waals surface area contributed by atoms with Crippen LogP contribution in [0.25, 0.3) is 0 Å². The number of carbonyl (C=O) groups excluding carboxylic acids is 1. The third-order valence-electron chi connectivity index (χ3n) is 15.9. The Morgan fingerprint density at radius 1 is 0.685 bits per heavy atom. The van der Waals surface area contributed by atoms with Gasteiger partial charge in [0, 0.05) is 30.8 Å². The molecule has 8 rings (SSSR count). The van der Waals surface area contributed by atoms with Crippen molar-refractivity contribution < 1.29 is 63.5 Å². The molecule has 7 fully saturated rings. The molecule has 5 N–H and O–H groups in total. The fourth-order valence-corrected chi connectivity index (χ4v) is 12.8. The van der Waals surface area contributed by atoms with E-state index in [1.807, 2.05) is 6.92 Å². The summed E-state index contributed by atoms with van der Waals surface area (Å²) in [6.07, 6.45) is 1.90. The Morgan fingerprint density at radius 3 is 1.89 bits per heavy atom. The summed E-state index contributed by atoms with van der Waals surface area (Å²) in [6.45, 7) is 10.4. The monoisotopic (exact) mass is 764 g/mol. The van der Waals surface area contributed by atoms with E-state index in [0.29, 0.717) is 18.4 Å². The maximum atomic E-state index is 12.6. The molecule has 0 radical (unpaired) electrons. The zero-order chi connectivity index (χ0) is 38.3. The van der Waals surface area contributed by atoms with Gasteiger partial charge in [0.2, 0.25) is 0 Å². The highest BCUT2D eigenvalue weighted by molar-refractivity contribution is 5.85. The molecule has 0 aromatic carbocycles. The van der Waals surface area contributed by atoms with Crippen LogP contribution in [0.2, 0.25) is 0 Å². The van der Waals surface area contributed by atoms with Gasteiger partial charge in [-0.05, 0) is 113 Å². The third-order valence-corrected chi connectivity index (χ3v) is 15.9. The molecule has 8 aliphatic rings. The lowest BCUT2D eigenvalue weighted by Crippen LogP contribution is -2.62. The molecule has 4 aliphatic carbocycles. The average molecular weight is 765 g/mol. The van der Waals surface area contributed by atoms with Crippen LogP contribution >= 0.6 is 0 Å². The summed E-state index contributed by atoms with van der Waals surface area (Å²) in [6, 6.07) is 0. The SMILES string of the molecule is C[C@H]1O[C@@H](O[C@H]2[C@@H](O)C[C@H](O[C@H]3[C@@H](O)C[C@H](O[C@H]4CC[C@@]5(C)[C@H](CC[C@@H]6[C@@H]5CCC5(C)C(C7=CC(=O)OC7)CC[C@]65O)C4)O[C@@H]3C)O[C@@H]2C)C[C@H](O)[C@@H]1O. The first-order chi connectivity index (χ1) is 25.6. The Balaban J connectivity index is 0.826. The van der Waals surface area contributed by atoms with Gasteiger partial charge in [-0.1, -0.05) is 13.8 Å². The second kappa shape index (κ2) is 14.9. The second-order valence-electron chi connectivity index (χ2n) is 18.7. The summed E-state index contributed by atoms with van der Waals surface area (Å²) >= 11 is 0. The van der Waals surface area contributed by atoms with Crippen LogP contribution in [0.4, 0.5) is 0 Å². The van der Waals surface area contributed by atoms with Gasteiger partial charge in [0.15, 0.2) is 18.9 Å². The molecule has 13 nitrogen and oxygen atoms in total. The van der Waals surface area contributed by atoms with E-state index in [4.69, 9.17) is 33.2 Å². The standard InChI is InChI=1S/C41H64O13/c1-20-36(46)29(42)16-34(49-20)53-38-22(3)51-35(18-31(38)44)54-37-21(2)50-33(17-30(37)43)52-25-8-11-39(4)24(15-25)6-7-28-27(39)9-12-40(5)26(10-13-41(28,40)47)23-14-32(45)48-19-23/h14,20-22,24-31,33-38,42-44,46-47H,6-13,15-19H2,1-5H3/t20-,21-,22-,24-,25+,26?,27+,28-,29+,30+,31+,33+,34+,35+,36-,37-,38-,39+,40?,41+/m1/s1. The van der Waals surface area contributed by atoms with E-state index in [1.165, 1.54) is 0 Å². The highest BCUT2D eigenvalue weighted by Crippen LogP contribution is 2.70. The highest BCUT2D eigenvalue weighted by atomic mass is 16.7. The van der Waals surface area contributed by atoms with Crippen molar-refractivity contribution in [3.8, 4) is 0 Å². The number of hydrogen-bond donors (Lipinski definition) is 5. The number of aliphatic hydroxyl groups is 5. The molecule has 4 aliphatic heterocycles. The summed E-state index contributed by atoms with van der Waals surface area (Å²) in [7, 11) is 0. The van der Waals surface area contributed by atoms with Crippen molar-refractivity contribution in [3.05, 3.63) is 11.6 Å². The van der Waals surface area contributed by atoms with Crippen LogP contribution in [-0.4, -0.2) is 124 Å². The van der Waals surface area contributed by atoms with Gasteiger partial charge in [-0.25, -0.2) is 4.79 Å². The largest absolute Gasteiger partial charge is 0.458 e. The molecule has 4 saturated carbocycles. The quantitative estimate of drug-likeness (QED) is 0.188. The predicted octanol–water partition coefficient (Wildman–Crippen LogP) is 3.25. The zero-order valence-corrected chi connectivity index (χ0v) is 32.6. The minimum atomic E-state index is -0.996. The lowest BCUT2D eigenvalue weighted by molar-refractivity contribution is -0.336. The Hall–Kier alpha value is -1.23. The number of ether oxygens (including phenoxy) is 7. The molecule has 0 aromatic rings. The number of rotatable bonds is 7. The van der Waals surface area contributed by atoms with Crippen LogP contribution in [0.5, 0.6) is 0 Å². The fraction of sp³-hybridized carbons (Fsp3) is 0.927. The molecular weight excluding hydrogens is 700 g/mol. The van der Waals surface area contributed by atoms with Crippen molar-refractivity contribution >= 4 is 5.97 Å². The second-order valence-corrected chi connectivity index (χ2v) is 18.7. The van der Waals surface area contributed by atoms with Gasteiger partial charge in [-0.3, -0.25) is 0 Å². The van der Waals surface area contributed by atoms with E-state index in [-0.39, 0.29) is 54.0 Å². The number of fused-ring (bicyclic) bond motifs is 5. The lowest BCUT2D eigenvalue weighted by atomic mass is 9.43. The normalized spacial score (nSPS) is 55.0. The van der Waals surface area contributed by atoms with Crippen LogP contribution in [0.1, 0.15) is 112 Å². The Bertz CT molecular complexity index is 1370. The minimum absolute atomic E-state index is 0.0243. The summed E-state index contributed by atoms with van der Waals surface area (Å²) in [4.78, 5) is 11.9. The highest BCUT2D eigenvalue weighted by Gasteiger charge is 2.68. The number of aliphatic hydroxyl groups excluding tert-OH is 4. The van der Waals surface area contributed by atoms with Crippen molar-refractivity contribution in [2.45, 2.75) is 197 Å². The van der Waals surface area contributed by atoms with Gasteiger partial charge < -0.3 is 58.7 Å². The van der Waals surface area contributed by atoms with Gasteiger partial charge in [0.1, 0.15) is 24.9 Å². The van der Waals surface area contributed by atoms with Crippen molar-refractivity contribution in [2.75, 3.05) is 6.61 Å². The number of carbonyl (C=O) groups is 1. The van der Waals surface area contributed by atoms with E-state index in [2.05, 4.69) is 13.8 Å². The molecule has 20 atom stereocenters. The number of hydrogen-bond acceptors (Lipinski definition) is 13. The fourth-order valence-electron chi connectivity index (χ4n) is 12.8. The number of esters is 1. The molecule has 2 unspecified atom stereocenters. The molecule has 0 aromatic heterocycles. The summed E-state index contributed by atoms with van der Waals surface area (Å²) in [5.41, 5.74) is 0.215. The van der Waals surface area contributed by atoms with Crippen LogP contribution < -0.4 is 0 Å². The summed E-state index contributed by atoms with van der Waals surface area (Å²) in [5.74, 6) is 1.13. The molecular formula is C41H64O13. The molecule has 0 spiro atoms. The van der Waals surface area contributed by atoms with Crippen LogP contribution in [0.3, 0.4) is 0 Å². The zero-order valence-electron chi connectivity index (χ0n) is 32.6. The van der Waals surface area contributed by atoms with Gasteiger partial charge in [-0.15, -0.1) is 0 Å². The first-order valence-corrected chi connectivity index (χ1v) is 20.8. The van der Waals surface area contributed by atoms with Crippen molar-refractivity contribution in [3.63, 3.8) is 0 Å². The molecule has 4 heterocycles. The van der Waals surface area contributed by atoms with E-state index in [1.54, 1.807) is 19.9 Å². The van der Waals surface area contributed by atoms with E-state index in [9.17, 15) is 30.3 Å². The number of cyclic esters (lactones) is 1. The smallest absolute Gasteiger partial charge is 0.331 e. The van der Waals surface area contributed by atoms with E-state index >= 15 is 0 Å². The summed E-state index contributed by atoms with van der Waals surface area (Å²) < 4.78 is 42.2. The minimum Gasteiger partial charge on any atom is -0.458 e. The van der Waals surface area contributed by atoms with Crippen LogP contribution in [0.15, 0.2) is 11.6 Å². The van der Waals surface area contributed by atoms with Crippen molar-refractivity contribution in [2.24, 2.45) is 34.5 Å². The van der Waals surface area contributed by atoms with E-state index < -0.39 is 79.4 Å². The Labute approximate surface area is 319 Å². The Kier molecular flexibility index (Phi) is 10.9. The van der Waals surface area contributed by atoms with E-state index in [0.717, 1.165) is 63.4 Å². The average Bonchev–Trinajstić information content (AvgIpc) is 3.66. The van der Waals surface area contributed by atoms with Gasteiger partial charge in [-0.2, -0.15) is 0 Å². The van der Waals surface area contributed by atoms with Crippen LogP contribution in [0, 0.1) is 34.5 Å². The lowest BCUT2D eigenvalue weighted by Gasteiger charge is -2.64. The first kappa shape index (κ1) is 39.6. The predicted molar refractivity (Wildman–Crippen MR) is 191 cm³/mol. The van der Waals surface area contributed by atoms with Gasteiger partial charge in [0.05, 0.1) is 48.3 Å². The molecule has 0 bridgehead atoms. The molecule has 306 valence electrons. The topological polar surface area (TPSA) is 183 Å². The molecule has 54 heavy (non-hydrogen) atoms. The van der Waals surface area contributed by atoms with Gasteiger partial charge >= 0.3 is 5.97 Å². The van der Waals surface area contributed by atoms with Crippen molar-refractivity contribution in [1.29, 1.82) is 0 Å². The van der Waals surface area contributed by atoms with Crippen LogP contribution in [-0.2, 0) is 38.0 Å². The third kappa shape index (κ3) is 6.82. The Morgan fingerprint density at radius 2 is 1.30 bits per heavy atom. The first-order valence-electron chi connectivity index (χ1n) is 20.8. The molecule has 13 heteroatoms. The van der Waals surface area contributed by atoms with Crippen molar-refractivity contribution in [1.82, 2.24) is 0 Å².